The Hall–Kier alpha value is -2.69. The van der Waals surface area contributed by atoms with Crippen molar-refractivity contribution in [1.29, 1.82) is 0 Å². The van der Waals surface area contributed by atoms with Crippen LogP contribution in [0.1, 0.15) is 18.9 Å². The van der Waals surface area contributed by atoms with Crippen LogP contribution in [0.5, 0.6) is 23.0 Å². The molecule has 2 rings (SSSR count). The SMILES string of the molecule is CCCOc1ccc(C=Nc2cc(OC)cc(OC)c2)c(O)c1. The highest BCUT2D eigenvalue weighted by Crippen LogP contribution is 2.28. The average Bonchev–Trinajstić information content (AvgIpc) is 2.58. The summed E-state index contributed by atoms with van der Waals surface area (Å²) in [5.41, 5.74) is 1.28. The topological polar surface area (TPSA) is 60.3 Å². The van der Waals surface area contributed by atoms with Crippen molar-refractivity contribution in [2.45, 2.75) is 13.3 Å². The van der Waals surface area contributed by atoms with Crippen LogP contribution in [0.4, 0.5) is 5.69 Å². The largest absolute Gasteiger partial charge is 0.507 e. The van der Waals surface area contributed by atoms with E-state index in [9.17, 15) is 5.11 Å². The maximum Gasteiger partial charge on any atom is 0.128 e. The molecule has 0 amide bonds. The summed E-state index contributed by atoms with van der Waals surface area (Å²) < 4.78 is 15.9. The van der Waals surface area contributed by atoms with Crippen molar-refractivity contribution in [3.05, 3.63) is 42.0 Å². The van der Waals surface area contributed by atoms with Gasteiger partial charge in [0.15, 0.2) is 0 Å². The first kappa shape index (κ1) is 16.7. The predicted octanol–water partition coefficient (Wildman–Crippen LogP) is 3.95. The first-order valence-corrected chi connectivity index (χ1v) is 7.39. The third kappa shape index (κ3) is 4.64. The first-order chi connectivity index (χ1) is 11.2. The molecule has 0 atom stereocenters. The van der Waals surface area contributed by atoms with E-state index in [0.29, 0.717) is 35.1 Å². The normalized spacial score (nSPS) is 10.7. The van der Waals surface area contributed by atoms with E-state index in [-0.39, 0.29) is 5.75 Å². The lowest BCUT2D eigenvalue weighted by molar-refractivity contribution is 0.315. The molecule has 0 spiro atoms. The number of hydrogen-bond donors (Lipinski definition) is 1. The lowest BCUT2D eigenvalue weighted by Crippen LogP contribution is -1.95. The van der Waals surface area contributed by atoms with Gasteiger partial charge in [0.25, 0.3) is 0 Å². The molecule has 0 unspecified atom stereocenters. The third-order valence-corrected chi connectivity index (χ3v) is 3.16. The van der Waals surface area contributed by atoms with Crippen LogP contribution in [0, 0.1) is 0 Å². The number of aromatic hydroxyl groups is 1. The lowest BCUT2D eigenvalue weighted by atomic mass is 10.2. The molecule has 23 heavy (non-hydrogen) atoms. The Morgan fingerprint density at radius 3 is 2.26 bits per heavy atom. The molecule has 0 fully saturated rings. The van der Waals surface area contributed by atoms with Crippen molar-refractivity contribution < 1.29 is 19.3 Å². The van der Waals surface area contributed by atoms with Crippen molar-refractivity contribution in [2.24, 2.45) is 4.99 Å². The van der Waals surface area contributed by atoms with Gasteiger partial charge in [0.1, 0.15) is 23.0 Å². The number of benzene rings is 2. The van der Waals surface area contributed by atoms with E-state index in [1.807, 2.05) is 13.0 Å². The summed E-state index contributed by atoms with van der Waals surface area (Å²) in [6.45, 7) is 2.65. The van der Waals surface area contributed by atoms with Crippen LogP contribution in [0.25, 0.3) is 0 Å². The highest BCUT2D eigenvalue weighted by molar-refractivity contribution is 5.85. The van der Waals surface area contributed by atoms with Crippen molar-refractivity contribution in [2.75, 3.05) is 20.8 Å². The molecule has 1 N–H and O–H groups in total. The maximum atomic E-state index is 10.0. The number of phenolic OH excluding ortho intramolecular Hbond substituents is 1. The lowest BCUT2D eigenvalue weighted by Gasteiger charge is -2.07. The van der Waals surface area contributed by atoms with Gasteiger partial charge in [-0.2, -0.15) is 0 Å². The second-order valence-corrected chi connectivity index (χ2v) is 4.90. The zero-order valence-corrected chi connectivity index (χ0v) is 13.6. The van der Waals surface area contributed by atoms with Gasteiger partial charge in [0.05, 0.1) is 26.5 Å². The molecule has 0 radical (unpaired) electrons. The number of ether oxygens (including phenoxy) is 3. The molecule has 2 aromatic rings. The number of methoxy groups -OCH3 is 2. The number of nitrogens with zero attached hydrogens (tertiary/aromatic N) is 1. The van der Waals surface area contributed by atoms with Crippen LogP contribution in [-0.4, -0.2) is 32.1 Å². The molecule has 0 aliphatic rings. The Bertz CT molecular complexity index is 660. The fourth-order valence-electron chi connectivity index (χ4n) is 1.95. The Kier molecular flexibility index (Phi) is 5.86. The smallest absolute Gasteiger partial charge is 0.128 e. The van der Waals surface area contributed by atoms with Gasteiger partial charge < -0.3 is 19.3 Å². The zero-order valence-electron chi connectivity index (χ0n) is 13.6. The Balaban J connectivity index is 2.19. The molecule has 5 heteroatoms. The van der Waals surface area contributed by atoms with E-state index in [2.05, 4.69) is 4.99 Å². The molecule has 0 heterocycles. The highest BCUT2D eigenvalue weighted by atomic mass is 16.5. The van der Waals surface area contributed by atoms with Crippen LogP contribution in [0.3, 0.4) is 0 Å². The molecule has 2 aromatic carbocycles. The molecule has 0 aliphatic heterocycles. The van der Waals surface area contributed by atoms with Gasteiger partial charge in [-0.1, -0.05) is 6.92 Å². The molecule has 122 valence electrons. The van der Waals surface area contributed by atoms with Gasteiger partial charge in [-0.05, 0) is 18.6 Å². The van der Waals surface area contributed by atoms with Crippen LogP contribution in [0.15, 0.2) is 41.4 Å². The van der Waals surface area contributed by atoms with Gasteiger partial charge in [0.2, 0.25) is 0 Å². The van der Waals surface area contributed by atoms with Crippen LogP contribution >= 0.6 is 0 Å². The molecule has 0 saturated heterocycles. The summed E-state index contributed by atoms with van der Waals surface area (Å²) in [6.07, 6.45) is 2.51. The van der Waals surface area contributed by atoms with E-state index in [1.54, 1.807) is 50.8 Å². The molecular weight excluding hydrogens is 294 g/mol. The second kappa shape index (κ2) is 8.08. The van der Waals surface area contributed by atoms with E-state index >= 15 is 0 Å². The van der Waals surface area contributed by atoms with Crippen molar-refractivity contribution in [1.82, 2.24) is 0 Å². The number of hydrogen-bond acceptors (Lipinski definition) is 5. The quantitative estimate of drug-likeness (QED) is 0.786. The summed E-state index contributed by atoms with van der Waals surface area (Å²) in [7, 11) is 3.17. The van der Waals surface area contributed by atoms with E-state index < -0.39 is 0 Å². The Morgan fingerprint density at radius 1 is 1.00 bits per heavy atom. The van der Waals surface area contributed by atoms with E-state index in [0.717, 1.165) is 6.42 Å². The summed E-state index contributed by atoms with van der Waals surface area (Å²) in [4.78, 5) is 4.36. The van der Waals surface area contributed by atoms with Gasteiger partial charge in [0, 0.05) is 36.0 Å². The first-order valence-electron chi connectivity index (χ1n) is 7.39. The Labute approximate surface area is 136 Å². The summed E-state index contributed by atoms with van der Waals surface area (Å²) in [5, 5.41) is 10.0. The fraction of sp³-hybridized carbons (Fsp3) is 0.278. The fourth-order valence-corrected chi connectivity index (χ4v) is 1.95. The molecule has 0 aliphatic carbocycles. The van der Waals surface area contributed by atoms with E-state index in [1.165, 1.54) is 0 Å². The number of aliphatic imine (C=N–C) groups is 1. The van der Waals surface area contributed by atoms with Gasteiger partial charge in [-0.25, -0.2) is 0 Å². The number of rotatable bonds is 7. The van der Waals surface area contributed by atoms with Gasteiger partial charge in [-0.3, -0.25) is 4.99 Å². The van der Waals surface area contributed by atoms with Crippen molar-refractivity contribution in [3.63, 3.8) is 0 Å². The van der Waals surface area contributed by atoms with Crippen LogP contribution < -0.4 is 14.2 Å². The summed E-state index contributed by atoms with van der Waals surface area (Å²) in [6, 6.07) is 10.5. The minimum Gasteiger partial charge on any atom is -0.507 e. The molecule has 5 nitrogen and oxygen atoms in total. The Morgan fingerprint density at radius 2 is 1.70 bits per heavy atom. The molecular formula is C18H21NO4. The third-order valence-electron chi connectivity index (χ3n) is 3.16. The average molecular weight is 315 g/mol. The second-order valence-electron chi connectivity index (χ2n) is 4.90. The molecule has 0 saturated carbocycles. The van der Waals surface area contributed by atoms with Gasteiger partial charge >= 0.3 is 0 Å². The minimum atomic E-state index is 0.122. The summed E-state index contributed by atoms with van der Waals surface area (Å²) in [5.74, 6) is 2.08. The maximum absolute atomic E-state index is 10.0. The monoisotopic (exact) mass is 315 g/mol. The minimum absolute atomic E-state index is 0.122. The standard InChI is InChI=1S/C18H21NO4/c1-4-7-23-15-6-5-13(18(20)11-15)12-19-14-8-16(21-2)10-17(9-14)22-3/h5-6,8-12,20H,4,7H2,1-3H3. The van der Waals surface area contributed by atoms with Crippen molar-refractivity contribution in [3.8, 4) is 23.0 Å². The highest BCUT2D eigenvalue weighted by Gasteiger charge is 2.03. The predicted molar refractivity (Wildman–Crippen MR) is 90.7 cm³/mol. The number of phenols is 1. The van der Waals surface area contributed by atoms with Crippen LogP contribution in [0.2, 0.25) is 0 Å². The van der Waals surface area contributed by atoms with Crippen molar-refractivity contribution >= 4 is 11.9 Å². The van der Waals surface area contributed by atoms with Gasteiger partial charge in [-0.15, -0.1) is 0 Å². The van der Waals surface area contributed by atoms with E-state index in [4.69, 9.17) is 14.2 Å². The zero-order chi connectivity index (χ0) is 16.7. The molecule has 0 bridgehead atoms. The van der Waals surface area contributed by atoms with Crippen LogP contribution in [-0.2, 0) is 0 Å². The molecule has 0 aromatic heterocycles. The summed E-state index contributed by atoms with van der Waals surface area (Å²) >= 11 is 0.